The molecule has 2 aliphatic rings. The minimum Gasteiger partial charge on any atom is -0.392 e. The van der Waals surface area contributed by atoms with Gasteiger partial charge in [0.2, 0.25) is 0 Å². The van der Waals surface area contributed by atoms with Gasteiger partial charge in [-0.05, 0) is 37.1 Å². The lowest BCUT2D eigenvalue weighted by molar-refractivity contribution is 0.192. The quantitative estimate of drug-likeness (QED) is 0.536. The number of aliphatic hydroxyl groups excluding tert-OH is 2. The SMILES string of the molecule is Cl.Cl.Cl.Cl.O[C@@H]1CN[C@@H](c2ccccn2)C1.O[C@H]1CN[C@H](c2ccccn2)C1. The highest BCUT2D eigenvalue weighted by molar-refractivity contribution is 5.86. The van der Waals surface area contributed by atoms with E-state index in [1.807, 2.05) is 36.4 Å². The Balaban J connectivity index is 0. The van der Waals surface area contributed by atoms with Crippen LogP contribution in [0.25, 0.3) is 0 Å². The number of halogens is 4. The third-order valence-electron chi connectivity index (χ3n) is 4.30. The molecule has 28 heavy (non-hydrogen) atoms. The zero-order valence-corrected chi connectivity index (χ0v) is 18.4. The topological polar surface area (TPSA) is 90.3 Å². The summed E-state index contributed by atoms with van der Waals surface area (Å²) in [5, 5.41) is 25.0. The van der Waals surface area contributed by atoms with Crippen molar-refractivity contribution in [2.75, 3.05) is 13.1 Å². The van der Waals surface area contributed by atoms with Gasteiger partial charge in [0.25, 0.3) is 0 Å². The van der Waals surface area contributed by atoms with Crippen LogP contribution in [0, 0.1) is 0 Å². The summed E-state index contributed by atoms with van der Waals surface area (Å²) >= 11 is 0. The van der Waals surface area contributed by atoms with Crippen LogP contribution in [0.4, 0.5) is 0 Å². The van der Waals surface area contributed by atoms with Gasteiger partial charge in [0.05, 0.1) is 35.7 Å². The summed E-state index contributed by atoms with van der Waals surface area (Å²) < 4.78 is 0. The van der Waals surface area contributed by atoms with E-state index in [0.717, 1.165) is 24.2 Å². The Bertz CT molecular complexity index is 572. The van der Waals surface area contributed by atoms with Crippen LogP contribution >= 0.6 is 49.6 Å². The predicted octanol–water partition coefficient (Wildman–Crippen LogP) is 2.64. The van der Waals surface area contributed by atoms with E-state index in [-0.39, 0.29) is 73.9 Å². The fourth-order valence-electron chi connectivity index (χ4n) is 3.05. The molecular weight excluding hydrogens is 446 g/mol. The van der Waals surface area contributed by atoms with Crippen LogP contribution in [0.5, 0.6) is 0 Å². The van der Waals surface area contributed by atoms with E-state index in [2.05, 4.69) is 20.6 Å². The first-order valence-electron chi connectivity index (χ1n) is 8.37. The van der Waals surface area contributed by atoms with Gasteiger partial charge in [-0.1, -0.05) is 12.1 Å². The van der Waals surface area contributed by atoms with Crippen LogP contribution in [0.15, 0.2) is 48.8 Å². The highest BCUT2D eigenvalue weighted by atomic mass is 35.5. The molecule has 0 radical (unpaired) electrons. The number of nitrogens with one attached hydrogen (secondary N) is 2. The number of pyridine rings is 2. The van der Waals surface area contributed by atoms with Crippen molar-refractivity contribution in [3.63, 3.8) is 0 Å². The Morgan fingerprint density at radius 1 is 0.679 bits per heavy atom. The first-order chi connectivity index (χ1) is 11.7. The molecule has 160 valence electrons. The second-order valence-electron chi connectivity index (χ2n) is 6.21. The third-order valence-corrected chi connectivity index (χ3v) is 4.30. The van der Waals surface area contributed by atoms with Crippen molar-refractivity contribution >= 4 is 49.6 Å². The van der Waals surface area contributed by atoms with E-state index < -0.39 is 0 Å². The monoisotopic (exact) mass is 472 g/mol. The van der Waals surface area contributed by atoms with Gasteiger partial charge in [0.1, 0.15) is 0 Å². The normalized spacial score (nSPS) is 24.9. The fraction of sp³-hybridized carbons (Fsp3) is 0.444. The molecule has 0 unspecified atom stereocenters. The average Bonchev–Trinajstić information content (AvgIpc) is 3.26. The third kappa shape index (κ3) is 8.76. The Morgan fingerprint density at radius 3 is 1.32 bits per heavy atom. The van der Waals surface area contributed by atoms with E-state index in [1.165, 1.54) is 0 Å². The van der Waals surface area contributed by atoms with Crippen molar-refractivity contribution in [1.29, 1.82) is 0 Å². The van der Waals surface area contributed by atoms with Crippen molar-refractivity contribution in [2.24, 2.45) is 0 Å². The Hall–Kier alpha value is -0.700. The van der Waals surface area contributed by atoms with Gasteiger partial charge in [0.15, 0.2) is 0 Å². The molecule has 2 fully saturated rings. The fourth-order valence-corrected chi connectivity index (χ4v) is 3.05. The maximum atomic E-state index is 9.27. The van der Waals surface area contributed by atoms with Gasteiger partial charge in [-0.25, -0.2) is 0 Å². The summed E-state index contributed by atoms with van der Waals surface area (Å²) in [6, 6.07) is 12.2. The molecule has 10 heteroatoms. The molecule has 4 rings (SSSR count). The number of hydrogen-bond acceptors (Lipinski definition) is 6. The summed E-state index contributed by atoms with van der Waals surface area (Å²) in [4.78, 5) is 8.44. The summed E-state index contributed by atoms with van der Waals surface area (Å²) in [7, 11) is 0. The molecule has 6 nitrogen and oxygen atoms in total. The highest BCUT2D eigenvalue weighted by Gasteiger charge is 2.24. The average molecular weight is 474 g/mol. The van der Waals surface area contributed by atoms with Crippen LogP contribution in [0.3, 0.4) is 0 Å². The van der Waals surface area contributed by atoms with Crippen LogP contribution < -0.4 is 10.6 Å². The molecule has 0 aliphatic carbocycles. The van der Waals surface area contributed by atoms with E-state index >= 15 is 0 Å². The molecule has 2 aliphatic heterocycles. The maximum absolute atomic E-state index is 9.27. The predicted molar refractivity (Wildman–Crippen MR) is 120 cm³/mol. The second-order valence-corrected chi connectivity index (χ2v) is 6.21. The Labute approximate surface area is 190 Å². The first kappa shape index (κ1) is 29.5. The Kier molecular flexibility index (Phi) is 16.0. The lowest BCUT2D eigenvalue weighted by Gasteiger charge is -2.07. The minimum atomic E-state index is -0.211. The molecule has 4 heterocycles. The van der Waals surface area contributed by atoms with Crippen molar-refractivity contribution < 1.29 is 10.2 Å². The molecule has 0 amide bonds. The number of hydrogen-bond donors (Lipinski definition) is 4. The molecule has 0 bridgehead atoms. The summed E-state index contributed by atoms with van der Waals surface area (Å²) in [6.07, 6.45) is 4.69. The number of β-amino-alcohol motifs (C(OH)–C–C–N with tert-alkyl or cyclic N) is 2. The summed E-state index contributed by atoms with van der Waals surface area (Å²) in [5.74, 6) is 0. The lowest BCUT2D eigenvalue weighted by atomic mass is 10.1. The summed E-state index contributed by atoms with van der Waals surface area (Å²) in [6.45, 7) is 1.36. The summed E-state index contributed by atoms with van der Waals surface area (Å²) in [5.41, 5.74) is 2.04. The molecule has 0 saturated carbocycles. The number of nitrogens with zero attached hydrogens (tertiary/aromatic N) is 2. The molecule has 0 aromatic carbocycles. The van der Waals surface area contributed by atoms with Crippen molar-refractivity contribution in [3.8, 4) is 0 Å². The maximum Gasteiger partial charge on any atom is 0.0683 e. The number of aromatic nitrogens is 2. The van der Waals surface area contributed by atoms with E-state index in [0.29, 0.717) is 13.1 Å². The smallest absolute Gasteiger partial charge is 0.0683 e. The van der Waals surface area contributed by atoms with Crippen molar-refractivity contribution in [2.45, 2.75) is 37.1 Å². The standard InChI is InChI=1S/2C9H12N2O.4ClH/c2*12-7-5-9(11-6-7)8-3-1-2-4-10-8;;;;/h2*1-4,7,9,11-12H,5-6H2;4*1H/t2*7-,9+;;;;/m10..../s1. The van der Waals surface area contributed by atoms with E-state index in [4.69, 9.17) is 0 Å². The van der Waals surface area contributed by atoms with Crippen molar-refractivity contribution in [1.82, 2.24) is 20.6 Å². The molecular formula is C18H28Cl4N4O2. The van der Waals surface area contributed by atoms with Gasteiger partial charge >= 0.3 is 0 Å². The molecule has 4 N–H and O–H groups in total. The molecule has 2 aromatic rings. The highest BCUT2D eigenvalue weighted by Crippen LogP contribution is 2.21. The molecule has 2 saturated heterocycles. The molecule has 4 atom stereocenters. The lowest BCUT2D eigenvalue weighted by Crippen LogP contribution is -2.15. The van der Waals surface area contributed by atoms with Gasteiger partial charge in [-0.15, -0.1) is 49.6 Å². The zero-order chi connectivity index (χ0) is 16.8. The van der Waals surface area contributed by atoms with Gasteiger partial charge in [-0.2, -0.15) is 0 Å². The van der Waals surface area contributed by atoms with Crippen LogP contribution in [-0.2, 0) is 0 Å². The zero-order valence-electron chi connectivity index (χ0n) is 15.2. The number of rotatable bonds is 2. The number of aliphatic hydroxyl groups is 2. The molecule has 2 aromatic heterocycles. The van der Waals surface area contributed by atoms with Gasteiger partial charge in [0, 0.05) is 25.5 Å². The van der Waals surface area contributed by atoms with Crippen LogP contribution in [0.1, 0.15) is 36.3 Å². The van der Waals surface area contributed by atoms with E-state index in [9.17, 15) is 10.2 Å². The largest absolute Gasteiger partial charge is 0.392 e. The van der Waals surface area contributed by atoms with Crippen LogP contribution in [0.2, 0.25) is 0 Å². The van der Waals surface area contributed by atoms with Gasteiger partial charge in [-0.3, -0.25) is 9.97 Å². The Morgan fingerprint density at radius 2 is 1.07 bits per heavy atom. The van der Waals surface area contributed by atoms with Crippen LogP contribution in [-0.4, -0.2) is 45.5 Å². The van der Waals surface area contributed by atoms with E-state index in [1.54, 1.807) is 12.4 Å². The van der Waals surface area contributed by atoms with Gasteiger partial charge < -0.3 is 20.8 Å². The molecule has 0 spiro atoms. The minimum absolute atomic E-state index is 0. The first-order valence-corrected chi connectivity index (χ1v) is 8.37. The van der Waals surface area contributed by atoms with Crippen molar-refractivity contribution in [3.05, 3.63) is 60.2 Å². The second kappa shape index (κ2) is 15.2.